The molecule has 3 aromatic rings. The second-order valence-corrected chi connectivity index (χ2v) is 7.41. The van der Waals surface area contributed by atoms with E-state index in [2.05, 4.69) is 14.6 Å². The molecule has 1 N–H and O–H groups in total. The maximum atomic E-state index is 14.0. The Balaban J connectivity index is 2.07. The molecule has 13 heteroatoms. The van der Waals surface area contributed by atoms with Crippen molar-refractivity contribution in [1.29, 1.82) is 0 Å². The summed E-state index contributed by atoms with van der Waals surface area (Å²) in [7, 11) is 3.49. The summed E-state index contributed by atoms with van der Waals surface area (Å²) in [4.78, 5) is 24.8. The predicted octanol–water partition coefficient (Wildman–Crippen LogP) is 5.53. The lowest BCUT2D eigenvalue weighted by atomic mass is 10.0. The molecule has 2 aromatic carbocycles. The van der Waals surface area contributed by atoms with Crippen LogP contribution in [0.25, 0.3) is 0 Å². The summed E-state index contributed by atoms with van der Waals surface area (Å²) in [6.07, 6.45) is -4.23. The van der Waals surface area contributed by atoms with Crippen molar-refractivity contribution >= 4 is 20.8 Å². The van der Waals surface area contributed by atoms with Crippen LogP contribution in [0.15, 0.2) is 59.5 Å². The Bertz CT molecular complexity index is 1310. The van der Waals surface area contributed by atoms with Crippen molar-refractivity contribution in [2.75, 3.05) is 12.4 Å². The summed E-state index contributed by atoms with van der Waals surface area (Å²) in [6, 6.07) is 6.88. The van der Waals surface area contributed by atoms with Crippen molar-refractivity contribution in [3.05, 3.63) is 82.0 Å². The summed E-state index contributed by atoms with van der Waals surface area (Å²) in [6.45, 7) is 0. The first-order chi connectivity index (χ1) is 16.4. The highest BCUT2D eigenvalue weighted by Crippen LogP contribution is 2.45. The van der Waals surface area contributed by atoms with Gasteiger partial charge >= 0.3 is 12.1 Å². The van der Waals surface area contributed by atoms with Gasteiger partial charge in [0.1, 0.15) is 11.6 Å². The highest BCUT2D eigenvalue weighted by atomic mass is 31.0. The Kier molecular flexibility index (Phi) is 7.44. The maximum absolute atomic E-state index is 14.0. The number of halogens is 6. The summed E-state index contributed by atoms with van der Waals surface area (Å²) in [5.74, 6) is -8.10. The number of nitrogens with zero attached hydrogens (tertiary/aromatic N) is 1. The zero-order chi connectivity index (χ0) is 26.0. The number of carbonyl (C=O) groups is 1. The number of aromatic nitrogens is 1. The molecular formula is C22H17F6N2O4P. The predicted molar refractivity (Wildman–Crippen MR) is 118 cm³/mol. The summed E-state index contributed by atoms with van der Waals surface area (Å²) >= 11 is 0. The van der Waals surface area contributed by atoms with Crippen molar-refractivity contribution in [2.45, 2.75) is 18.4 Å². The molecule has 0 spiro atoms. The molecule has 0 aliphatic rings. The number of ether oxygens (including phenoxy) is 2. The van der Waals surface area contributed by atoms with Crippen LogP contribution in [-0.4, -0.2) is 23.8 Å². The number of methoxy groups -OCH3 is 1. The SMILES string of the molecule is COc1cc(F)ccc1Oc1cc(C(F)(F)C(F)(F)F)ccc1C(=O)Nc1ccn(CP)c(=O)c1. The van der Waals surface area contributed by atoms with Gasteiger partial charge in [0.2, 0.25) is 0 Å². The number of alkyl halides is 5. The number of benzene rings is 2. The van der Waals surface area contributed by atoms with Crippen molar-refractivity contribution < 1.29 is 40.6 Å². The average molecular weight is 518 g/mol. The first-order valence-electron chi connectivity index (χ1n) is 9.69. The number of carbonyl (C=O) groups excluding carboxylic acids is 1. The molecule has 1 heterocycles. The largest absolute Gasteiger partial charge is 0.493 e. The van der Waals surface area contributed by atoms with Crippen LogP contribution in [0, 0.1) is 5.82 Å². The van der Waals surface area contributed by atoms with Gasteiger partial charge in [0, 0.05) is 35.9 Å². The molecule has 0 bridgehead atoms. The van der Waals surface area contributed by atoms with E-state index < -0.39 is 46.3 Å². The minimum Gasteiger partial charge on any atom is -0.493 e. The molecular weight excluding hydrogens is 501 g/mol. The summed E-state index contributed by atoms with van der Waals surface area (Å²) in [5, 5.41) is 2.36. The molecule has 1 atom stereocenters. The van der Waals surface area contributed by atoms with Crippen LogP contribution in [-0.2, 0) is 12.2 Å². The van der Waals surface area contributed by atoms with E-state index in [-0.39, 0.29) is 17.2 Å². The molecule has 0 saturated carbocycles. The van der Waals surface area contributed by atoms with Gasteiger partial charge in [-0.15, -0.1) is 9.24 Å². The van der Waals surface area contributed by atoms with E-state index in [0.29, 0.717) is 18.4 Å². The number of hydrogen-bond donors (Lipinski definition) is 1. The van der Waals surface area contributed by atoms with Gasteiger partial charge in [-0.1, -0.05) is 6.07 Å². The molecule has 3 rings (SSSR count). The van der Waals surface area contributed by atoms with Crippen LogP contribution in [0.5, 0.6) is 17.2 Å². The molecule has 35 heavy (non-hydrogen) atoms. The Morgan fingerprint density at radius 2 is 1.71 bits per heavy atom. The molecule has 0 aliphatic carbocycles. The topological polar surface area (TPSA) is 69.6 Å². The number of nitrogens with one attached hydrogen (secondary N) is 1. The molecule has 1 unspecified atom stereocenters. The van der Waals surface area contributed by atoms with Crippen LogP contribution in [0.3, 0.4) is 0 Å². The number of hydrogen-bond acceptors (Lipinski definition) is 4. The fourth-order valence-corrected chi connectivity index (χ4v) is 3.23. The lowest BCUT2D eigenvalue weighted by molar-refractivity contribution is -0.289. The van der Waals surface area contributed by atoms with Gasteiger partial charge in [-0.05, 0) is 30.3 Å². The fourth-order valence-electron chi connectivity index (χ4n) is 2.93. The summed E-state index contributed by atoms with van der Waals surface area (Å²) in [5.41, 5.74) is -2.33. The van der Waals surface area contributed by atoms with E-state index in [1.165, 1.54) is 16.8 Å². The Morgan fingerprint density at radius 1 is 1.00 bits per heavy atom. The first-order valence-corrected chi connectivity index (χ1v) is 10.5. The minimum absolute atomic E-state index is 0.0460. The third kappa shape index (κ3) is 5.59. The van der Waals surface area contributed by atoms with Crippen LogP contribution in [0.4, 0.5) is 32.0 Å². The number of pyridine rings is 1. The van der Waals surface area contributed by atoms with Crippen molar-refractivity contribution in [3.8, 4) is 17.2 Å². The van der Waals surface area contributed by atoms with Gasteiger partial charge in [-0.3, -0.25) is 9.59 Å². The number of rotatable bonds is 7. The van der Waals surface area contributed by atoms with Crippen molar-refractivity contribution in [1.82, 2.24) is 4.57 Å². The van der Waals surface area contributed by atoms with Crippen molar-refractivity contribution in [2.24, 2.45) is 0 Å². The van der Waals surface area contributed by atoms with Gasteiger partial charge < -0.3 is 19.4 Å². The molecule has 1 aromatic heterocycles. The molecule has 6 nitrogen and oxygen atoms in total. The smallest absolute Gasteiger partial charge is 0.458 e. The standard InChI is InChI=1S/C22H17F6N2O4P/c1-33-18-9-13(23)3-5-16(18)34-17-8-12(21(24,25)22(26,27)28)2-4-15(17)20(32)29-14-6-7-30(11-35)19(31)10-14/h2-10H,11,35H2,1H3,(H,29,32). The second-order valence-electron chi connectivity index (χ2n) is 7.04. The minimum atomic E-state index is -5.91. The highest BCUT2D eigenvalue weighted by Gasteiger charge is 2.58. The van der Waals surface area contributed by atoms with E-state index in [0.717, 1.165) is 37.4 Å². The third-order valence-electron chi connectivity index (χ3n) is 4.74. The van der Waals surface area contributed by atoms with Crippen LogP contribution >= 0.6 is 9.24 Å². The number of amides is 1. The van der Waals surface area contributed by atoms with Crippen LogP contribution in [0.1, 0.15) is 15.9 Å². The van der Waals surface area contributed by atoms with Gasteiger partial charge in [0.05, 0.1) is 12.7 Å². The van der Waals surface area contributed by atoms with Crippen LogP contribution < -0.4 is 20.3 Å². The van der Waals surface area contributed by atoms with E-state index in [1.807, 2.05) is 0 Å². The maximum Gasteiger partial charge on any atom is 0.458 e. The highest BCUT2D eigenvalue weighted by molar-refractivity contribution is 7.15. The Hall–Kier alpha value is -3.53. The molecule has 0 aliphatic heterocycles. The molecule has 0 saturated heterocycles. The molecule has 186 valence electrons. The second kappa shape index (κ2) is 9.99. The molecule has 0 radical (unpaired) electrons. The first kappa shape index (κ1) is 26.1. The van der Waals surface area contributed by atoms with Crippen molar-refractivity contribution in [3.63, 3.8) is 0 Å². The van der Waals surface area contributed by atoms with Gasteiger partial charge in [0.25, 0.3) is 11.5 Å². The normalized spacial score (nSPS) is 11.8. The average Bonchev–Trinajstić information content (AvgIpc) is 2.79. The lowest BCUT2D eigenvalue weighted by Gasteiger charge is -2.21. The molecule has 0 fully saturated rings. The van der Waals surface area contributed by atoms with E-state index in [4.69, 9.17) is 9.47 Å². The number of anilines is 1. The van der Waals surface area contributed by atoms with E-state index >= 15 is 0 Å². The van der Waals surface area contributed by atoms with Gasteiger partial charge in [-0.2, -0.15) is 22.0 Å². The zero-order valence-corrected chi connectivity index (χ0v) is 19.0. The monoisotopic (exact) mass is 518 g/mol. The van der Waals surface area contributed by atoms with Crippen LogP contribution in [0.2, 0.25) is 0 Å². The van der Waals surface area contributed by atoms with Gasteiger partial charge in [0.15, 0.2) is 11.5 Å². The Labute approximate surface area is 196 Å². The van der Waals surface area contributed by atoms with E-state index in [1.54, 1.807) is 0 Å². The quantitative estimate of drug-likeness (QED) is 0.330. The van der Waals surface area contributed by atoms with E-state index in [9.17, 15) is 35.9 Å². The lowest BCUT2D eigenvalue weighted by Crippen LogP contribution is -2.33. The van der Waals surface area contributed by atoms with Gasteiger partial charge in [-0.25, -0.2) is 4.39 Å². The third-order valence-corrected chi connectivity index (χ3v) is 5.13. The summed E-state index contributed by atoms with van der Waals surface area (Å²) < 4.78 is 91.9. The molecule has 1 amide bonds. The zero-order valence-electron chi connectivity index (χ0n) is 17.8. The fraction of sp³-hybridized carbons (Fsp3) is 0.182. The Morgan fingerprint density at radius 3 is 2.31 bits per heavy atom.